The van der Waals surface area contributed by atoms with Crippen LogP contribution in [0.5, 0.6) is 0 Å². The number of nitrogens with two attached hydrogens (primary N) is 1. The van der Waals surface area contributed by atoms with Gasteiger partial charge in [0.25, 0.3) is 5.56 Å². The Kier molecular flexibility index (Phi) is 3.01. The Morgan fingerprint density at radius 3 is 2.76 bits per heavy atom. The summed E-state index contributed by atoms with van der Waals surface area (Å²) in [4.78, 5) is 24.3. The largest absolute Gasteiger partial charge is 0.342 e. The van der Waals surface area contributed by atoms with Gasteiger partial charge in [0.1, 0.15) is 0 Å². The summed E-state index contributed by atoms with van der Waals surface area (Å²) in [5.74, 6) is 0.0190. The monoisotopic (exact) mass is 233 g/mol. The standard InChI is InChI=1S/C10H11N5O2/c11-5-6-3-1-2-4-7(6)12-8-9(16)13-10(17)15-14-8/h1-4H,5,11H2,(H,12,14)(H2,13,15,16,17). The molecule has 0 saturated carbocycles. The van der Waals surface area contributed by atoms with E-state index in [9.17, 15) is 9.59 Å². The summed E-state index contributed by atoms with van der Waals surface area (Å²) in [6.45, 7) is 0.338. The minimum Gasteiger partial charge on any atom is -0.334 e. The molecule has 0 atom stereocenters. The van der Waals surface area contributed by atoms with Crippen LogP contribution >= 0.6 is 0 Å². The summed E-state index contributed by atoms with van der Waals surface area (Å²) in [6, 6.07) is 7.26. The van der Waals surface area contributed by atoms with E-state index in [1.165, 1.54) is 0 Å². The van der Waals surface area contributed by atoms with Crippen molar-refractivity contribution < 1.29 is 0 Å². The highest BCUT2D eigenvalue weighted by molar-refractivity contribution is 5.59. The van der Waals surface area contributed by atoms with Crippen molar-refractivity contribution in [3.63, 3.8) is 0 Å². The lowest BCUT2D eigenvalue weighted by Gasteiger charge is -2.08. The SMILES string of the molecule is NCc1ccccc1Nc1n[nH]c(=O)[nH]c1=O. The van der Waals surface area contributed by atoms with Gasteiger partial charge < -0.3 is 11.1 Å². The minimum atomic E-state index is -0.646. The van der Waals surface area contributed by atoms with Crippen LogP contribution in [0.1, 0.15) is 5.56 Å². The number of nitrogens with one attached hydrogen (secondary N) is 3. The number of para-hydroxylation sites is 1. The number of rotatable bonds is 3. The summed E-state index contributed by atoms with van der Waals surface area (Å²) in [5, 5.41) is 8.57. The van der Waals surface area contributed by atoms with E-state index >= 15 is 0 Å². The van der Waals surface area contributed by atoms with Crippen molar-refractivity contribution >= 4 is 11.5 Å². The minimum absolute atomic E-state index is 0.0190. The summed E-state index contributed by atoms with van der Waals surface area (Å²) in [6.07, 6.45) is 0. The molecule has 1 heterocycles. The topological polar surface area (TPSA) is 117 Å². The van der Waals surface area contributed by atoms with Crippen LogP contribution in [0.3, 0.4) is 0 Å². The molecule has 0 saturated heterocycles. The van der Waals surface area contributed by atoms with Crippen LogP contribution in [0.2, 0.25) is 0 Å². The van der Waals surface area contributed by atoms with Crippen molar-refractivity contribution in [3.05, 3.63) is 50.7 Å². The van der Waals surface area contributed by atoms with Crippen LogP contribution in [-0.4, -0.2) is 15.2 Å². The molecule has 0 amide bonds. The first-order chi connectivity index (χ1) is 8.20. The van der Waals surface area contributed by atoms with Gasteiger partial charge in [-0.25, -0.2) is 9.89 Å². The van der Waals surface area contributed by atoms with Gasteiger partial charge in [0.2, 0.25) is 5.82 Å². The fourth-order valence-corrected chi connectivity index (χ4v) is 1.38. The van der Waals surface area contributed by atoms with Gasteiger partial charge in [0.15, 0.2) is 0 Å². The van der Waals surface area contributed by atoms with E-state index in [0.29, 0.717) is 12.2 Å². The van der Waals surface area contributed by atoms with Crippen molar-refractivity contribution in [1.29, 1.82) is 0 Å². The Balaban J connectivity index is 2.38. The number of aromatic amines is 2. The second kappa shape index (κ2) is 4.62. The van der Waals surface area contributed by atoms with Gasteiger partial charge in [-0.15, -0.1) is 5.10 Å². The second-order valence-corrected chi connectivity index (χ2v) is 3.34. The van der Waals surface area contributed by atoms with Crippen LogP contribution in [0, 0.1) is 0 Å². The summed E-state index contributed by atoms with van der Waals surface area (Å²) >= 11 is 0. The van der Waals surface area contributed by atoms with Gasteiger partial charge >= 0.3 is 5.69 Å². The Labute approximate surface area is 95.7 Å². The van der Waals surface area contributed by atoms with E-state index in [-0.39, 0.29) is 5.82 Å². The Bertz CT molecular complexity index is 631. The maximum absolute atomic E-state index is 11.4. The van der Waals surface area contributed by atoms with Crippen molar-refractivity contribution in [1.82, 2.24) is 15.2 Å². The molecule has 1 aromatic carbocycles. The number of benzene rings is 1. The molecule has 88 valence electrons. The molecule has 5 N–H and O–H groups in total. The van der Waals surface area contributed by atoms with Crippen LogP contribution in [-0.2, 0) is 6.54 Å². The third-order valence-electron chi connectivity index (χ3n) is 2.20. The molecule has 0 unspecified atom stereocenters. The molecule has 1 aromatic heterocycles. The molecule has 0 spiro atoms. The predicted octanol–water partition coefficient (Wildman–Crippen LogP) is -0.340. The van der Waals surface area contributed by atoms with Gasteiger partial charge in [-0.3, -0.25) is 9.78 Å². The number of hydrogen-bond acceptors (Lipinski definition) is 5. The molecule has 2 aromatic rings. The predicted molar refractivity (Wildman–Crippen MR) is 63.1 cm³/mol. The number of hydrogen-bond donors (Lipinski definition) is 4. The Morgan fingerprint density at radius 2 is 2.06 bits per heavy atom. The highest BCUT2D eigenvalue weighted by Gasteiger charge is 2.05. The van der Waals surface area contributed by atoms with Gasteiger partial charge in [-0.1, -0.05) is 18.2 Å². The fourth-order valence-electron chi connectivity index (χ4n) is 1.38. The lowest BCUT2D eigenvalue weighted by molar-refractivity contribution is 0.896. The van der Waals surface area contributed by atoms with Crippen molar-refractivity contribution in [2.75, 3.05) is 5.32 Å². The highest BCUT2D eigenvalue weighted by atomic mass is 16.2. The van der Waals surface area contributed by atoms with Gasteiger partial charge in [0, 0.05) is 12.2 Å². The zero-order valence-electron chi connectivity index (χ0n) is 8.86. The molecule has 2 rings (SSSR count). The first kappa shape index (κ1) is 11.1. The smallest absolute Gasteiger partial charge is 0.334 e. The molecule has 0 radical (unpaired) electrons. The van der Waals surface area contributed by atoms with E-state index in [2.05, 4.69) is 20.5 Å². The van der Waals surface area contributed by atoms with Crippen LogP contribution in [0.15, 0.2) is 33.9 Å². The fraction of sp³-hybridized carbons (Fsp3) is 0.100. The zero-order valence-corrected chi connectivity index (χ0v) is 8.86. The number of nitrogens with zero attached hydrogens (tertiary/aromatic N) is 1. The zero-order chi connectivity index (χ0) is 12.3. The average Bonchev–Trinajstić information content (AvgIpc) is 2.33. The Hall–Kier alpha value is -2.41. The van der Waals surface area contributed by atoms with Crippen LogP contribution in [0.4, 0.5) is 11.5 Å². The van der Waals surface area contributed by atoms with Crippen molar-refractivity contribution in [2.45, 2.75) is 6.54 Å². The quantitative estimate of drug-likeness (QED) is 0.578. The molecule has 7 nitrogen and oxygen atoms in total. The number of anilines is 2. The highest BCUT2D eigenvalue weighted by Crippen LogP contribution is 2.16. The van der Waals surface area contributed by atoms with Gasteiger partial charge in [0.05, 0.1) is 0 Å². The van der Waals surface area contributed by atoms with E-state index in [1.54, 1.807) is 12.1 Å². The van der Waals surface area contributed by atoms with Crippen LogP contribution < -0.4 is 22.3 Å². The molecule has 0 bridgehead atoms. The normalized spacial score (nSPS) is 10.2. The summed E-state index contributed by atoms with van der Waals surface area (Å²) < 4.78 is 0. The van der Waals surface area contributed by atoms with Gasteiger partial charge in [-0.2, -0.15) is 0 Å². The van der Waals surface area contributed by atoms with Crippen molar-refractivity contribution in [3.8, 4) is 0 Å². The molecular formula is C10H11N5O2. The molecule has 17 heavy (non-hydrogen) atoms. The van der Waals surface area contributed by atoms with E-state index < -0.39 is 11.2 Å². The third-order valence-corrected chi connectivity index (χ3v) is 2.20. The average molecular weight is 233 g/mol. The molecule has 0 aliphatic heterocycles. The molecule has 0 aliphatic carbocycles. The first-order valence-corrected chi connectivity index (χ1v) is 4.94. The summed E-state index contributed by atoms with van der Waals surface area (Å²) in [5.41, 5.74) is 5.86. The lowest BCUT2D eigenvalue weighted by atomic mass is 10.2. The van der Waals surface area contributed by atoms with Crippen molar-refractivity contribution in [2.24, 2.45) is 5.73 Å². The number of aromatic nitrogens is 3. The summed E-state index contributed by atoms with van der Waals surface area (Å²) in [7, 11) is 0. The van der Waals surface area contributed by atoms with Crippen LogP contribution in [0.25, 0.3) is 0 Å². The van der Waals surface area contributed by atoms with E-state index in [1.807, 2.05) is 12.1 Å². The lowest BCUT2D eigenvalue weighted by Crippen LogP contribution is -2.26. The molecule has 0 aliphatic rings. The molecule has 7 heteroatoms. The maximum atomic E-state index is 11.4. The number of H-pyrrole nitrogens is 2. The van der Waals surface area contributed by atoms with E-state index in [4.69, 9.17) is 5.73 Å². The van der Waals surface area contributed by atoms with E-state index in [0.717, 1.165) is 5.56 Å². The second-order valence-electron chi connectivity index (χ2n) is 3.34. The van der Waals surface area contributed by atoms with Gasteiger partial charge in [-0.05, 0) is 11.6 Å². The molecular weight excluding hydrogens is 222 g/mol. The third kappa shape index (κ3) is 2.40. The maximum Gasteiger partial charge on any atom is 0.342 e. The first-order valence-electron chi connectivity index (χ1n) is 4.94. The molecule has 0 fully saturated rings. The Morgan fingerprint density at radius 1 is 1.29 bits per heavy atom.